The molecule has 182 valence electrons. The van der Waals surface area contributed by atoms with Crippen molar-refractivity contribution in [3.63, 3.8) is 0 Å². The molecule has 1 aliphatic heterocycles. The Morgan fingerprint density at radius 1 is 0.943 bits per heavy atom. The Morgan fingerprint density at radius 3 is 2.26 bits per heavy atom. The molecule has 0 aliphatic carbocycles. The lowest BCUT2D eigenvalue weighted by atomic mass is 9.98. The van der Waals surface area contributed by atoms with Gasteiger partial charge in [0.25, 0.3) is 5.91 Å². The largest absolute Gasteiger partial charge is 0.349 e. The van der Waals surface area contributed by atoms with E-state index >= 15 is 0 Å². The number of nitrogens with one attached hydrogen (secondary N) is 2. The van der Waals surface area contributed by atoms with Gasteiger partial charge >= 0.3 is 0 Å². The molecule has 3 aromatic rings. The van der Waals surface area contributed by atoms with Gasteiger partial charge in [-0.3, -0.25) is 14.3 Å². The maximum absolute atomic E-state index is 13.6. The number of nitrogens with zero attached hydrogens (tertiary/aromatic N) is 1. The molecule has 0 aromatic heterocycles. The second kappa shape index (κ2) is 9.19. The highest BCUT2D eigenvalue weighted by Crippen LogP contribution is 2.38. The van der Waals surface area contributed by atoms with Crippen molar-refractivity contribution in [1.29, 1.82) is 0 Å². The SMILES string of the molecule is CC(C)(C)NC(=O)C1c2ccc(NS(C)(=O)=O)cc2C(=O)N1Cc1ccccc1-c1ccccc1. The number of carbonyl (C=O) groups is 2. The molecule has 0 spiro atoms. The molecule has 0 bridgehead atoms. The zero-order valence-electron chi connectivity index (χ0n) is 20.2. The van der Waals surface area contributed by atoms with Crippen LogP contribution in [0, 0.1) is 0 Å². The highest BCUT2D eigenvalue weighted by atomic mass is 32.2. The van der Waals surface area contributed by atoms with Gasteiger partial charge < -0.3 is 10.2 Å². The topological polar surface area (TPSA) is 95.6 Å². The van der Waals surface area contributed by atoms with Crippen molar-refractivity contribution < 1.29 is 18.0 Å². The van der Waals surface area contributed by atoms with Crippen molar-refractivity contribution in [3.05, 3.63) is 89.5 Å². The van der Waals surface area contributed by atoms with Crippen LogP contribution in [0.2, 0.25) is 0 Å². The second-order valence-corrected chi connectivity index (χ2v) is 11.5. The van der Waals surface area contributed by atoms with E-state index in [2.05, 4.69) is 10.0 Å². The average molecular weight is 492 g/mol. The van der Waals surface area contributed by atoms with Crippen LogP contribution in [-0.2, 0) is 21.4 Å². The van der Waals surface area contributed by atoms with E-state index in [1.54, 1.807) is 17.0 Å². The maximum atomic E-state index is 13.6. The van der Waals surface area contributed by atoms with Gasteiger partial charge in [-0.1, -0.05) is 60.7 Å². The highest BCUT2D eigenvalue weighted by Gasteiger charge is 2.42. The van der Waals surface area contributed by atoms with Crippen molar-refractivity contribution in [2.24, 2.45) is 0 Å². The number of hydrogen-bond acceptors (Lipinski definition) is 4. The van der Waals surface area contributed by atoms with Gasteiger partial charge in [-0.15, -0.1) is 0 Å². The monoisotopic (exact) mass is 491 g/mol. The van der Waals surface area contributed by atoms with Gasteiger partial charge in [0.05, 0.1) is 6.26 Å². The lowest BCUT2D eigenvalue weighted by Crippen LogP contribution is -2.46. The first kappa shape index (κ1) is 24.5. The Bertz CT molecular complexity index is 1380. The van der Waals surface area contributed by atoms with Crippen LogP contribution in [-0.4, -0.2) is 36.9 Å². The van der Waals surface area contributed by atoms with Gasteiger partial charge in [0.2, 0.25) is 15.9 Å². The Balaban J connectivity index is 1.76. The molecule has 2 amide bonds. The summed E-state index contributed by atoms with van der Waals surface area (Å²) in [7, 11) is -3.52. The zero-order chi connectivity index (χ0) is 25.4. The minimum atomic E-state index is -3.52. The Labute approximate surface area is 206 Å². The molecule has 1 unspecified atom stereocenters. The number of fused-ring (bicyclic) bond motifs is 1. The van der Waals surface area contributed by atoms with E-state index < -0.39 is 21.6 Å². The first-order chi connectivity index (χ1) is 16.4. The van der Waals surface area contributed by atoms with Gasteiger partial charge in [0.15, 0.2) is 0 Å². The molecule has 2 N–H and O–H groups in total. The molecule has 1 aliphatic rings. The molecule has 35 heavy (non-hydrogen) atoms. The van der Waals surface area contributed by atoms with Crippen molar-refractivity contribution in [2.75, 3.05) is 11.0 Å². The lowest BCUT2D eigenvalue weighted by molar-refractivity contribution is -0.127. The number of hydrogen-bond donors (Lipinski definition) is 2. The lowest BCUT2D eigenvalue weighted by Gasteiger charge is -2.29. The molecule has 3 aromatic carbocycles. The summed E-state index contributed by atoms with van der Waals surface area (Å²) in [5.41, 5.74) is 3.55. The second-order valence-electron chi connectivity index (χ2n) is 9.77. The third-order valence-corrected chi connectivity index (χ3v) is 6.25. The zero-order valence-corrected chi connectivity index (χ0v) is 21.0. The molecule has 7 nitrogen and oxygen atoms in total. The van der Waals surface area contributed by atoms with Crippen LogP contribution >= 0.6 is 0 Å². The molecule has 1 heterocycles. The Kier molecular flexibility index (Phi) is 6.42. The fourth-order valence-corrected chi connectivity index (χ4v) is 4.88. The fourth-order valence-electron chi connectivity index (χ4n) is 4.32. The van der Waals surface area contributed by atoms with E-state index in [9.17, 15) is 18.0 Å². The smallest absolute Gasteiger partial charge is 0.255 e. The third-order valence-electron chi connectivity index (χ3n) is 5.64. The van der Waals surface area contributed by atoms with E-state index in [1.165, 1.54) is 6.07 Å². The normalized spacial score (nSPS) is 15.6. The van der Waals surface area contributed by atoms with Gasteiger partial charge in [0.1, 0.15) is 6.04 Å². The van der Waals surface area contributed by atoms with Crippen molar-refractivity contribution >= 4 is 27.5 Å². The minimum absolute atomic E-state index is 0.218. The predicted molar refractivity (Wildman–Crippen MR) is 137 cm³/mol. The number of anilines is 1. The van der Waals surface area contributed by atoms with Gasteiger partial charge in [-0.25, -0.2) is 8.42 Å². The van der Waals surface area contributed by atoms with Gasteiger partial charge in [0, 0.05) is 23.3 Å². The van der Waals surface area contributed by atoms with E-state index in [0.717, 1.165) is 22.9 Å². The number of sulfonamides is 1. The molecule has 8 heteroatoms. The summed E-state index contributed by atoms with van der Waals surface area (Å²) >= 11 is 0. The quantitative estimate of drug-likeness (QED) is 0.536. The summed E-state index contributed by atoms with van der Waals surface area (Å²) in [5, 5.41) is 2.99. The summed E-state index contributed by atoms with van der Waals surface area (Å²) in [6, 6.07) is 21.6. The average Bonchev–Trinajstić information content (AvgIpc) is 3.04. The van der Waals surface area contributed by atoms with Crippen LogP contribution in [0.3, 0.4) is 0 Å². The molecule has 0 saturated carbocycles. The summed E-state index contributed by atoms with van der Waals surface area (Å²) in [6.07, 6.45) is 1.05. The number of amides is 2. The standard InChI is InChI=1S/C27H29N3O4S/c1-27(2,3)28-25(31)24-22-15-14-20(29-35(4,33)34)16-23(22)26(32)30(24)17-19-12-8-9-13-21(19)18-10-6-5-7-11-18/h5-16,24,29H,17H2,1-4H3,(H,28,31). The Morgan fingerprint density at radius 2 is 1.60 bits per heavy atom. The first-order valence-electron chi connectivity index (χ1n) is 11.3. The van der Waals surface area contributed by atoms with E-state index in [0.29, 0.717) is 11.1 Å². The summed E-state index contributed by atoms with van der Waals surface area (Å²) < 4.78 is 25.8. The Hall–Kier alpha value is -3.65. The predicted octanol–water partition coefficient (Wildman–Crippen LogP) is 4.34. The van der Waals surface area contributed by atoms with Crippen LogP contribution < -0.4 is 10.0 Å². The molecular formula is C27H29N3O4S. The van der Waals surface area contributed by atoms with E-state index in [-0.39, 0.29) is 24.0 Å². The summed E-state index contributed by atoms with van der Waals surface area (Å²) in [6.45, 7) is 5.87. The maximum Gasteiger partial charge on any atom is 0.255 e. The fraction of sp³-hybridized carbons (Fsp3) is 0.259. The van der Waals surface area contributed by atoms with Crippen molar-refractivity contribution in [2.45, 2.75) is 38.9 Å². The van der Waals surface area contributed by atoms with Gasteiger partial charge in [-0.05, 0) is 55.2 Å². The number of rotatable bonds is 6. The summed E-state index contributed by atoms with van der Waals surface area (Å²) in [4.78, 5) is 28.6. The number of benzene rings is 3. The molecule has 0 fully saturated rings. The third kappa shape index (κ3) is 5.54. The van der Waals surface area contributed by atoms with Gasteiger partial charge in [-0.2, -0.15) is 0 Å². The van der Waals surface area contributed by atoms with Crippen LogP contribution in [0.1, 0.15) is 48.3 Å². The van der Waals surface area contributed by atoms with Crippen LogP contribution in [0.4, 0.5) is 5.69 Å². The number of carbonyl (C=O) groups excluding carboxylic acids is 2. The van der Waals surface area contributed by atoms with Crippen molar-refractivity contribution in [3.8, 4) is 11.1 Å². The minimum Gasteiger partial charge on any atom is -0.349 e. The molecular weight excluding hydrogens is 462 g/mol. The van der Waals surface area contributed by atoms with E-state index in [4.69, 9.17) is 0 Å². The van der Waals surface area contributed by atoms with Crippen LogP contribution in [0.25, 0.3) is 11.1 Å². The first-order valence-corrected chi connectivity index (χ1v) is 13.2. The molecule has 1 atom stereocenters. The molecule has 0 saturated heterocycles. The van der Waals surface area contributed by atoms with Crippen molar-refractivity contribution in [1.82, 2.24) is 10.2 Å². The highest BCUT2D eigenvalue weighted by molar-refractivity contribution is 7.92. The van der Waals surface area contributed by atoms with Crippen LogP contribution in [0.5, 0.6) is 0 Å². The molecule has 4 rings (SSSR count). The van der Waals surface area contributed by atoms with Crippen LogP contribution in [0.15, 0.2) is 72.8 Å². The van der Waals surface area contributed by atoms with E-state index in [1.807, 2.05) is 75.4 Å². The summed E-state index contributed by atoms with van der Waals surface area (Å²) in [5.74, 6) is -0.611. The molecule has 0 radical (unpaired) electrons.